The zero-order valence-electron chi connectivity index (χ0n) is 17.9. The van der Waals surface area contributed by atoms with Gasteiger partial charge in [0, 0.05) is 43.3 Å². The number of piperazine rings is 1. The van der Waals surface area contributed by atoms with Crippen molar-refractivity contribution in [2.45, 2.75) is 19.4 Å². The molecule has 3 heterocycles. The fourth-order valence-corrected chi connectivity index (χ4v) is 5.56. The quantitative estimate of drug-likeness (QED) is 0.432. The molecule has 0 radical (unpaired) electrons. The van der Waals surface area contributed by atoms with Gasteiger partial charge < -0.3 is 10.0 Å². The Morgan fingerprint density at radius 3 is 2.55 bits per heavy atom. The number of rotatable bonds is 5. The highest BCUT2D eigenvalue weighted by Gasteiger charge is 2.32. The summed E-state index contributed by atoms with van der Waals surface area (Å²) in [4.78, 5) is 10.0. The molecular weight excluding hydrogens is 468 g/mol. The molecule has 172 valence electrons. The lowest BCUT2D eigenvalue weighted by atomic mass is 10.0. The summed E-state index contributed by atoms with van der Waals surface area (Å²) < 4.78 is 29.3. The molecule has 0 saturated carbocycles. The second-order valence-corrected chi connectivity index (χ2v) is 9.39. The van der Waals surface area contributed by atoms with E-state index in [-0.39, 0.29) is 5.88 Å². The normalized spacial score (nSPS) is 15.9. The van der Waals surface area contributed by atoms with Crippen molar-refractivity contribution in [3.8, 4) is 5.88 Å². The summed E-state index contributed by atoms with van der Waals surface area (Å²) >= 11 is 7.47. The van der Waals surface area contributed by atoms with Gasteiger partial charge in [0.2, 0.25) is 10.8 Å². The topological polar surface area (TPSA) is 56.9 Å². The van der Waals surface area contributed by atoms with Gasteiger partial charge in [-0.2, -0.15) is 4.52 Å². The number of aromatic nitrogens is 3. The zero-order chi connectivity index (χ0) is 23.1. The molecule has 1 aliphatic heterocycles. The Kier molecular flexibility index (Phi) is 5.94. The maximum Gasteiger partial charge on any atom is 0.230 e. The van der Waals surface area contributed by atoms with Crippen molar-refractivity contribution in [3.63, 3.8) is 0 Å². The van der Waals surface area contributed by atoms with Crippen LogP contribution in [0.5, 0.6) is 5.88 Å². The van der Waals surface area contributed by atoms with E-state index in [1.165, 1.54) is 21.9 Å². The molecule has 4 aromatic rings. The minimum Gasteiger partial charge on any atom is -0.492 e. The highest BCUT2D eigenvalue weighted by atomic mass is 35.5. The van der Waals surface area contributed by atoms with Gasteiger partial charge in [0.1, 0.15) is 0 Å². The van der Waals surface area contributed by atoms with Crippen molar-refractivity contribution in [1.82, 2.24) is 19.5 Å². The van der Waals surface area contributed by atoms with E-state index in [1.54, 1.807) is 6.07 Å². The van der Waals surface area contributed by atoms with Gasteiger partial charge in [-0.25, -0.2) is 13.8 Å². The van der Waals surface area contributed by atoms with Gasteiger partial charge in [-0.3, -0.25) is 4.90 Å². The molecule has 2 aromatic carbocycles. The fourth-order valence-electron chi connectivity index (χ4n) is 4.24. The molecule has 0 bridgehead atoms. The highest BCUT2D eigenvalue weighted by Crippen LogP contribution is 2.40. The lowest BCUT2D eigenvalue weighted by Crippen LogP contribution is -2.47. The second-order valence-electron chi connectivity index (χ2n) is 7.94. The summed E-state index contributed by atoms with van der Waals surface area (Å²) in [5, 5.41) is 16.0. The van der Waals surface area contributed by atoms with Crippen molar-refractivity contribution in [2.24, 2.45) is 0 Å². The third-order valence-electron chi connectivity index (χ3n) is 5.92. The molecule has 33 heavy (non-hydrogen) atoms. The molecular formula is C23H22ClF2N5OS. The molecule has 0 aliphatic carbocycles. The van der Waals surface area contributed by atoms with Crippen LogP contribution in [0.2, 0.25) is 5.02 Å². The maximum absolute atomic E-state index is 14.2. The number of nitrogens with zero attached hydrogens (tertiary/aromatic N) is 5. The molecule has 1 atom stereocenters. The first-order valence-electron chi connectivity index (χ1n) is 10.7. The average Bonchev–Trinajstić information content (AvgIpc) is 3.36. The molecule has 1 saturated heterocycles. The number of aryl methyl sites for hydroxylation is 1. The van der Waals surface area contributed by atoms with Gasteiger partial charge >= 0.3 is 0 Å². The minimum atomic E-state index is -0.915. The summed E-state index contributed by atoms with van der Waals surface area (Å²) in [6, 6.07) is 11.2. The van der Waals surface area contributed by atoms with Gasteiger partial charge in [0.05, 0.1) is 10.9 Å². The minimum absolute atomic E-state index is 0.0193. The van der Waals surface area contributed by atoms with E-state index in [2.05, 4.69) is 19.9 Å². The Morgan fingerprint density at radius 2 is 1.88 bits per heavy atom. The zero-order valence-corrected chi connectivity index (χ0v) is 19.5. The van der Waals surface area contributed by atoms with Crippen LogP contribution in [-0.4, -0.2) is 50.8 Å². The summed E-state index contributed by atoms with van der Waals surface area (Å²) in [6.07, 6.45) is 0.654. The van der Waals surface area contributed by atoms with E-state index in [1.807, 2.05) is 31.2 Å². The standard InChI is InChI=1S/C23H22ClF2N5OS/c1-2-19-27-23-31(28-19)22(32)21(33-23)20(14-6-7-17(25)18(26)12-14)30-10-8-29(9-11-30)16-5-3-4-15(24)13-16/h3-7,12-13,20,32H,2,8-11H2,1H3/t20-/m0/s1. The van der Waals surface area contributed by atoms with Crippen LogP contribution in [0.15, 0.2) is 42.5 Å². The van der Waals surface area contributed by atoms with Gasteiger partial charge in [-0.15, -0.1) is 5.10 Å². The number of anilines is 1. The number of hydrogen-bond acceptors (Lipinski definition) is 6. The largest absolute Gasteiger partial charge is 0.492 e. The van der Waals surface area contributed by atoms with Crippen LogP contribution in [0.25, 0.3) is 4.96 Å². The molecule has 0 spiro atoms. The Hall–Kier alpha value is -2.75. The van der Waals surface area contributed by atoms with Crippen LogP contribution < -0.4 is 4.90 Å². The average molecular weight is 490 g/mol. The molecule has 1 aliphatic rings. The third-order valence-corrected chi connectivity index (χ3v) is 7.23. The lowest BCUT2D eigenvalue weighted by Gasteiger charge is -2.40. The summed E-state index contributed by atoms with van der Waals surface area (Å²) in [5.41, 5.74) is 1.61. The monoisotopic (exact) mass is 489 g/mol. The molecule has 1 fully saturated rings. The Bertz CT molecular complexity index is 1300. The van der Waals surface area contributed by atoms with Gasteiger partial charge in [-0.05, 0) is 35.9 Å². The Labute approximate surface area is 198 Å². The van der Waals surface area contributed by atoms with E-state index in [9.17, 15) is 13.9 Å². The summed E-state index contributed by atoms with van der Waals surface area (Å²) in [7, 11) is 0. The summed E-state index contributed by atoms with van der Waals surface area (Å²) in [5.74, 6) is -1.19. The smallest absolute Gasteiger partial charge is 0.230 e. The molecule has 10 heteroatoms. The predicted molar refractivity (Wildman–Crippen MR) is 125 cm³/mol. The van der Waals surface area contributed by atoms with Crippen LogP contribution in [0.3, 0.4) is 0 Å². The molecule has 1 N–H and O–H groups in total. The number of benzene rings is 2. The van der Waals surface area contributed by atoms with Crippen molar-refractivity contribution in [3.05, 3.63) is 75.4 Å². The van der Waals surface area contributed by atoms with Crippen molar-refractivity contribution >= 4 is 33.6 Å². The SMILES string of the molecule is CCc1nc2sc([C@H](c3ccc(F)c(F)c3)N3CCN(c4cccc(Cl)c4)CC3)c(O)n2n1. The first-order chi connectivity index (χ1) is 15.9. The fraction of sp³-hybridized carbons (Fsp3) is 0.304. The van der Waals surface area contributed by atoms with Gasteiger partial charge in [-0.1, -0.05) is 42.0 Å². The van der Waals surface area contributed by atoms with Crippen LogP contribution in [0.4, 0.5) is 14.5 Å². The van der Waals surface area contributed by atoms with Crippen LogP contribution >= 0.6 is 22.9 Å². The Morgan fingerprint density at radius 1 is 1.09 bits per heavy atom. The van der Waals surface area contributed by atoms with Crippen molar-refractivity contribution in [1.29, 1.82) is 0 Å². The molecule has 6 nitrogen and oxygen atoms in total. The van der Waals surface area contributed by atoms with E-state index in [0.717, 1.165) is 24.8 Å². The summed E-state index contributed by atoms with van der Waals surface area (Å²) in [6.45, 7) is 4.71. The van der Waals surface area contributed by atoms with Gasteiger partial charge in [0.15, 0.2) is 17.5 Å². The van der Waals surface area contributed by atoms with Crippen LogP contribution in [0, 0.1) is 11.6 Å². The maximum atomic E-state index is 14.2. The van der Waals surface area contributed by atoms with Crippen LogP contribution in [-0.2, 0) is 6.42 Å². The molecule has 0 unspecified atom stereocenters. The molecule has 5 rings (SSSR count). The van der Waals surface area contributed by atoms with Crippen molar-refractivity contribution < 1.29 is 13.9 Å². The van der Waals surface area contributed by atoms with Crippen LogP contribution in [0.1, 0.15) is 29.2 Å². The highest BCUT2D eigenvalue weighted by molar-refractivity contribution is 7.17. The van der Waals surface area contributed by atoms with Gasteiger partial charge in [0.25, 0.3) is 0 Å². The van der Waals surface area contributed by atoms with E-state index in [0.29, 0.717) is 45.8 Å². The molecule has 0 amide bonds. The van der Waals surface area contributed by atoms with E-state index < -0.39 is 17.7 Å². The number of thiazole rings is 1. The number of hydrogen-bond donors (Lipinski definition) is 1. The molecule has 2 aromatic heterocycles. The second kappa shape index (κ2) is 8.89. The number of halogens is 3. The Balaban J connectivity index is 1.49. The van der Waals surface area contributed by atoms with Crippen molar-refractivity contribution in [2.75, 3.05) is 31.1 Å². The predicted octanol–water partition coefficient (Wildman–Crippen LogP) is 4.90. The third kappa shape index (κ3) is 4.16. The number of aromatic hydroxyl groups is 1. The number of fused-ring (bicyclic) bond motifs is 1. The van der Waals surface area contributed by atoms with E-state index in [4.69, 9.17) is 11.6 Å². The first kappa shape index (κ1) is 22.1. The lowest BCUT2D eigenvalue weighted by molar-refractivity contribution is 0.210. The first-order valence-corrected chi connectivity index (χ1v) is 11.9. The van der Waals surface area contributed by atoms with E-state index >= 15 is 0 Å².